The first-order valence-electron chi connectivity index (χ1n) is 9.08. The molecular formula is C23H30O3. The van der Waals surface area contributed by atoms with Gasteiger partial charge >= 0.3 is 5.97 Å². The predicted octanol–water partition coefficient (Wildman–Crippen LogP) is 5.67. The van der Waals surface area contributed by atoms with E-state index in [2.05, 4.69) is 53.7 Å². The number of benzene rings is 2. The number of hydrogen-bond donors (Lipinski definition) is 2. The Balaban J connectivity index is 2.79. The lowest BCUT2D eigenvalue weighted by molar-refractivity contribution is -0.136. The van der Waals surface area contributed by atoms with E-state index in [-0.39, 0.29) is 23.0 Å². The van der Waals surface area contributed by atoms with E-state index in [1.807, 2.05) is 12.1 Å². The zero-order valence-electron chi connectivity index (χ0n) is 16.7. The van der Waals surface area contributed by atoms with Gasteiger partial charge in [0.15, 0.2) is 0 Å². The van der Waals surface area contributed by atoms with Crippen LogP contribution in [0.3, 0.4) is 0 Å². The van der Waals surface area contributed by atoms with Crippen molar-refractivity contribution in [2.24, 2.45) is 0 Å². The van der Waals surface area contributed by atoms with E-state index in [1.165, 1.54) is 11.1 Å². The molecule has 0 aliphatic heterocycles. The van der Waals surface area contributed by atoms with Crippen LogP contribution in [-0.4, -0.2) is 16.2 Å². The van der Waals surface area contributed by atoms with E-state index < -0.39 is 5.97 Å². The fourth-order valence-corrected chi connectivity index (χ4v) is 3.13. The van der Waals surface area contributed by atoms with Crippen LogP contribution in [0.15, 0.2) is 36.4 Å². The van der Waals surface area contributed by atoms with Crippen LogP contribution in [0.25, 0.3) is 11.1 Å². The van der Waals surface area contributed by atoms with Crippen LogP contribution in [-0.2, 0) is 22.0 Å². The highest BCUT2D eigenvalue weighted by atomic mass is 16.4. The summed E-state index contributed by atoms with van der Waals surface area (Å²) in [5.41, 5.74) is 5.45. The minimum atomic E-state index is -0.792. The second-order valence-corrected chi connectivity index (χ2v) is 9.00. The highest BCUT2D eigenvalue weighted by molar-refractivity contribution is 5.75. The van der Waals surface area contributed by atoms with Gasteiger partial charge in [0.05, 0.1) is 0 Å². The Labute approximate surface area is 156 Å². The van der Waals surface area contributed by atoms with Gasteiger partial charge in [0.2, 0.25) is 0 Å². The van der Waals surface area contributed by atoms with Crippen LogP contribution in [0.5, 0.6) is 5.75 Å². The second kappa shape index (κ2) is 7.14. The van der Waals surface area contributed by atoms with Gasteiger partial charge in [-0.25, -0.2) is 0 Å². The number of carbonyl (C=O) groups is 1. The van der Waals surface area contributed by atoms with Crippen LogP contribution in [0, 0.1) is 0 Å². The molecule has 2 rings (SSSR count). The molecule has 26 heavy (non-hydrogen) atoms. The van der Waals surface area contributed by atoms with E-state index in [0.29, 0.717) is 6.42 Å². The fraction of sp³-hybridized carbons (Fsp3) is 0.435. The van der Waals surface area contributed by atoms with Crippen LogP contribution >= 0.6 is 0 Å². The Hall–Kier alpha value is -2.29. The molecule has 0 amide bonds. The topological polar surface area (TPSA) is 57.5 Å². The lowest BCUT2D eigenvalue weighted by atomic mass is 9.75. The highest BCUT2D eigenvalue weighted by Crippen LogP contribution is 2.40. The first-order chi connectivity index (χ1) is 11.9. The van der Waals surface area contributed by atoms with Gasteiger partial charge in [0, 0.05) is 6.42 Å². The smallest absolute Gasteiger partial charge is 0.303 e. The molecule has 0 unspecified atom stereocenters. The molecule has 0 aliphatic carbocycles. The Morgan fingerprint density at radius 1 is 0.923 bits per heavy atom. The number of aliphatic carboxylic acids is 1. The maximum atomic E-state index is 11.2. The Morgan fingerprint density at radius 3 is 1.96 bits per heavy atom. The van der Waals surface area contributed by atoms with E-state index in [4.69, 9.17) is 0 Å². The number of phenolic OH excluding ortho intramolecular Hbond substituents is 1. The molecule has 0 radical (unpaired) electrons. The number of phenols is 1. The average molecular weight is 354 g/mol. The minimum absolute atomic E-state index is 0.0224. The van der Waals surface area contributed by atoms with E-state index >= 15 is 0 Å². The third-order valence-electron chi connectivity index (χ3n) is 4.66. The van der Waals surface area contributed by atoms with E-state index in [1.54, 1.807) is 12.1 Å². The summed E-state index contributed by atoms with van der Waals surface area (Å²) < 4.78 is 0. The number of rotatable bonds is 4. The van der Waals surface area contributed by atoms with Crippen molar-refractivity contribution in [2.45, 2.75) is 65.2 Å². The predicted molar refractivity (Wildman–Crippen MR) is 107 cm³/mol. The number of carboxylic acids is 1. The van der Waals surface area contributed by atoms with Crippen molar-refractivity contribution in [2.75, 3.05) is 0 Å². The molecule has 0 fully saturated rings. The normalized spacial score (nSPS) is 12.2. The molecule has 0 bridgehead atoms. The molecule has 2 N–H and O–H groups in total. The van der Waals surface area contributed by atoms with Crippen LogP contribution in [0.4, 0.5) is 0 Å². The maximum absolute atomic E-state index is 11.2. The van der Waals surface area contributed by atoms with Crippen molar-refractivity contribution in [3.8, 4) is 16.9 Å². The molecule has 0 aliphatic rings. The van der Waals surface area contributed by atoms with Gasteiger partial charge in [0.1, 0.15) is 5.75 Å². The van der Waals surface area contributed by atoms with Crippen LogP contribution < -0.4 is 0 Å². The molecule has 0 saturated carbocycles. The summed E-state index contributed by atoms with van der Waals surface area (Å²) in [6.07, 6.45) is 0.584. The summed E-state index contributed by atoms with van der Waals surface area (Å²) in [7, 11) is 0. The maximum Gasteiger partial charge on any atom is 0.303 e. The molecular weight excluding hydrogens is 324 g/mol. The summed E-state index contributed by atoms with van der Waals surface area (Å²) in [5, 5.41) is 18.8. The van der Waals surface area contributed by atoms with Gasteiger partial charge in [-0.1, -0.05) is 65.8 Å². The fourth-order valence-electron chi connectivity index (χ4n) is 3.13. The highest BCUT2D eigenvalue weighted by Gasteiger charge is 2.25. The Bertz CT molecular complexity index is 788. The molecule has 0 heterocycles. The van der Waals surface area contributed by atoms with Gasteiger partial charge in [-0.3, -0.25) is 4.79 Å². The first kappa shape index (κ1) is 20.0. The van der Waals surface area contributed by atoms with Crippen LogP contribution in [0.1, 0.15) is 64.7 Å². The molecule has 3 nitrogen and oxygen atoms in total. The zero-order chi connectivity index (χ0) is 19.7. The number of carboxylic acid groups (broad SMARTS) is 1. The minimum Gasteiger partial charge on any atom is -0.508 e. The Morgan fingerprint density at radius 2 is 1.50 bits per heavy atom. The molecule has 140 valence electrons. The summed E-state index contributed by atoms with van der Waals surface area (Å²) in [6.45, 7) is 13.1. The van der Waals surface area contributed by atoms with Gasteiger partial charge in [0.25, 0.3) is 0 Å². The largest absolute Gasteiger partial charge is 0.508 e. The SMILES string of the molecule is CC(C)(C)c1cc(CCC(=O)O)c(-c2ccc(O)cc2)c(C(C)(C)C)c1. The molecule has 0 aromatic heterocycles. The first-order valence-corrected chi connectivity index (χ1v) is 9.08. The Kier molecular flexibility index (Phi) is 5.50. The average Bonchev–Trinajstić information content (AvgIpc) is 2.51. The lowest BCUT2D eigenvalue weighted by Crippen LogP contribution is -2.19. The molecule has 2 aromatic carbocycles. The monoisotopic (exact) mass is 354 g/mol. The lowest BCUT2D eigenvalue weighted by Gasteiger charge is -2.30. The number of hydrogen-bond acceptors (Lipinski definition) is 2. The van der Waals surface area contributed by atoms with Crippen molar-refractivity contribution in [1.82, 2.24) is 0 Å². The third kappa shape index (κ3) is 4.66. The quantitative estimate of drug-likeness (QED) is 0.743. The van der Waals surface area contributed by atoms with Crippen molar-refractivity contribution in [3.05, 3.63) is 53.1 Å². The zero-order valence-corrected chi connectivity index (χ0v) is 16.7. The van der Waals surface area contributed by atoms with Gasteiger partial charge < -0.3 is 10.2 Å². The molecule has 0 atom stereocenters. The van der Waals surface area contributed by atoms with E-state index in [0.717, 1.165) is 16.7 Å². The van der Waals surface area contributed by atoms with Crippen molar-refractivity contribution in [1.29, 1.82) is 0 Å². The van der Waals surface area contributed by atoms with Crippen molar-refractivity contribution < 1.29 is 15.0 Å². The third-order valence-corrected chi connectivity index (χ3v) is 4.66. The molecule has 2 aromatic rings. The summed E-state index contributed by atoms with van der Waals surface area (Å²) in [4.78, 5) is 11.2. The van der Waals surface area contributed by atoms with Crippen molar-refractivity contribution >= 4 is 5.97 Å². The molecule has 0 spiro atoms. The molecule has 0 saturated heterocycles. The van der Waals surface area contributed by atoms with Gasteiger partial charge in [-0.15, -0.1) is 0 Å². The van der Waals surface area contributed by atoms with Crippen molar-refractivity contribution in [3.63, 3.8) is 0 Å². The summed E-state index contributed by atoms with van der Waals surface area (Å²) in [5.74, 6) is -0.565. The summed E-state index contributed by atoms with van der Waals surface area (Å²) in [6, 6.07) is 11.6. The molecule has 3 heteroatoms. The van der Waals surface area contributed by atoms with Gasteiger partial charge in [-0.2, -0.15) is 0 Å². The van der Waals surface area contributed by atoms with Gasteiger partial charge in [-0.05, 0) is 57.2 Å². The van der Waals surface area contributed by atoms with Crippen LogP contribution in [0.2, 0.25) is 0 Å². The standard InChI is InChI=1S/C23H30O3/c1-22(2,3)17-13-16(9-12-20(25)26)21(19(14-17)23(4,5)6)15-7-10-18(24)11-8-15/h7-8,10-11,13-14,24H,9,12H2,1-6H3,(H,25,26). The van der Waals surface area contributed by atoms with E-state index in [9.17, 15) is 15.0 Å². The number of aryl methyl sites for hydroxylation is 1. The number of aromatic hydroxyl groups is 1. The summed E-state index contributed by atoms with van der Waals surface area (Å²) >= 11 is 0. The second-order valence-electron chi connectivity index (χ2n) is 9.00.